The molecule has 1 heterocycles. The highest BCUT2D eigenvalue weighted by molar-refractivity contribution is 7.92. The van der Waals surface area contributed by atoms with Gasteiger partial charge in [0.05, 0.1) is 4.90 Å². The highest BCUT2D eigenvalue weighted by atomic mass is 32.2. The fraction of sp³-hybridized carbons (Fsp3) is 0.417. The molecule has 0 unspecified atom stereocenters. The van der Waals surface area contributed by atoms with E-state index in [4.69, 9.17) is 0 Å². The summed E-state index contributed by atoms with van der Waals surface area (Å²) in [4.78, 5) is 27.3. The topological polar surface area (TPSA) is 95.6 Å². The Hall–Kier alpha value is -2.87. The van der Waals surface area contributed by atoms with E-state index in [-0.39, 0.29) is 16.7 Å². The van der Waals surface area contributed by atoms with Crippen molar-refractivity contribution in [3.8, 4) is 0 Å². The normalized spacial score (nSPS) is 16.2. The summed E-state index contributed by atoms with van der Waals surface area (Å²) in [6.07, 6.45) is 2.21. The average Bonchev–Trinajstić information content (AvgIpc) is 3.27. The molecule has 172 valence electrons. The van der Waals surface area contributed by atoms with E-state index in [9.17, 15) is 18.0 Å². The summed E-state index contributed by atoms with van der Waals surface area (Å²) in [5.74, 6) is -0.109. The molecule has 0 saturated carbocycles. The van der Waals surface area contributed by atoms with Crippen molar-refractivity contribution in [1.29, 1.82) is 0 Å². The molecule has 2 amide bonds. The molecule has 0 aliphatic carbocycles. The van der Waals surface area contributed by atoms with Gasteiger partial charge in [-0.05, 0) is 61.1 Å². The van der Waals surface area contributed by atoms with Crippen LogP contribution >= 0.6 is 0 Å². The van der Waals surface area contributed by atoms with Crippen molar-refractivity contribution < 1.29 is 18.0 Å². The summed E-state index contributed by atoms with van der Waals surface area (Å²) in [5, 5.41) is 2.86. The molecule has 2 N–H and O–H groups in total. The lowest BCUT2D eigenvalue weighted by Gasteiger charge is -2.24. The molecule has 3 rings (SSSR count). The zero-order valence-electron chi connectivity index (χ0n) is 18.8. The van der Waals surface area contributed by atoms with Crippen LogP contribution in [-0.2, 0) is 14.8 Å². The monoisotopic (exact) mass is 457 g/mol. The lowest BCUT2D eigenvalue weighted by atomic mass is 10.0. The number of carbonyl (C=O) groups is 2. The number of benzene rings is 2. The van der Waals surface area contributed by atoms with Gasteiger partial charge in [-0.1, -0.05) is 39.0 Å². The summed E-state index contributed by atoms with van der Waals surface area (Å²) in [5.41, 5.74) is 1.70. The molecule has 1 aliphatic rings. The van der Waals surface area contributed by atoms with Crippen LogP contribution in [0.1, 0.15) is 61.9 Å². The van der Waals surface area contributed by atoms with E-state index in [2.05, 4.69) is 10.0 Å². The molecule has 2 aromatic rings. The third-order valence-electron chi connectivity index (χ3n) is 5.58. The zero-order chi connectivity index (χ0) is 23.3. The Bertz CT molecular complexity index is 1060. The van der Waals surface area contributed by atoms with E-state index in [1.165, 1.54) is 6.07 Å². The highest BCUT2D eigenvalue weighted by Crippen LogP contribution is 2.24. The molecular formula is C24H31N3O4S. The highest BCUT2D eigenvalue weighted by Gasteiger charge is 2.34. The first-order valence-electron chi connectivity index (χ1n) is 11.0. The fourth-order valence-electron chi connectivity index (χ4n) is 3.78. The quantitative estimate of drug-likeness (QED) is 0.631. The minimum absolute atomic E-state index is 0.139. The maximum absolute atomic E-state index is 13.1. The van der Waals surface area contributed by atoms with Crippen LogP contribution in [0.25, 0.3) is 0 Å². The molecule has 1 fully saturated rings. The lowest BCUT2D eigenvalue weighted by molar-refractivity contribution is -0.124. The van der Waals surface area contributed by atoms with Gasteiger partial charge in [0, 0.05) is 24.3 Å². The number of amides is 2. The fourth-order valence-corrected chi connectivity index (χ4v) is 4.83. The Morgan fingerprint density at radius 1 is 1.12 bits per heavy atom. The Kier molecular flexibility index (Phi) is 7.56. The van der Waals surface area contributed by atoms with Crippen LogP contribution in [0.2, 0.25) is 0 Å². The molecular weight excluding hydrogens is 426 g/mol. The van der Waals surface area contributed by atoms with Gasteiger partial charge < -0.3 is 10.2 Å². The van der Waals surface area contributed by atoms with Crippen LogP contribution in [0, 0.1) is 0 Å². The van der Waals surface area contributed by atoms with Gasteiger partial charge in [-0.3, -0.25) is 14.3 Å². The average molecular weight is 458 g/mol. The van der Waals surface area contributed by atoms with Crippen molar-refractivity contribution in [3.63, 3.8) is 0 Å². The van der Waals surface area contributed by atoms with Crippen LogP contribution in [0.4, 0.5) is 5.69 Å². The van der Waals surface area contributed by atoms with E-state index in [1.54, 1.807) is 47.4 Å². The van der Waals surface area contributed by atoms with Crippen molar-refractivity contribution in [2.24, 2.45) is 0 Å². The van der Waals surface area contributed by atoms with E-state index < -0.39 is 16.1 Å². The van der Waals surface area contributed by atoms with Crippen LogP contribution in [0.15, 0.2) is 53.4 Å². The smallest absolute Gasteiger partial charge is 0.261 e. The van der Waals surface area contributed by atoms with Gasteiger partial charge in [0.2, 0.25) is 5.91 Å². The van der Waals surface area contributed by atoms with Gasteiger partial charge in [0.15, 0.2) is 0 Å². The van der Waals surface area contributed by atoms with Crippen LogP contribution in [0.3, 0.4) is 0 Å². The van der Waals surface area contributed by atoms with Crippen molar-refractivity contribution >= 4 is 27.5 Å². The number of sulfonamides is 1. The van der Waals surface area contributed by atoms with Crippen molar-refractivity contribution in [2.75, 3.05) is 17.8 Å². The molecule has 32 heavy (non-hydrogen) atoms. The first-order valence-corrected chi connectivity index (χ1v) is 12.5. The van der Waals surface area contributed by atoms with Gasteiger partial charge in [0.25, 0.3) is 15.9 Å². The summed E-state index contributed by atoms with van der Waals surface area (Å²) < 4.78 is 28.2. The maximum Gasteiger partial charge on any atom is 0.261 e. The number of nitrogens with zero attached hydrogens (tertiary/aromatic N) is 1. The summed E-state index contributed by atoms with van der Waals surface area (Å²) >= 11 is 0. The molecule has 0 spiro atoms. The zero-order valence-corrected chi connectivity index (χ0v) is 19.6. The predicted octanol–water partition coefficient (Wildman–Crippen LogP) is 3.74. The predicted molar refractivity (Wildman–Crippen MR) is 125 cm³/mol. The van der Waals surface area contributed by atoms with Gasteiger partial charge in [0.1, 0.15) is 6.04 Å². The van der Waals surface area contributed by atoms with Gasteiger partial charge in [-0.25, -0.2) is 8.42 Å². The SMILES string of the molecule is CCCNC(=O)[C@H]1CCCN1C(=O)c1cccc(NS(=O)(=O)c2ccc(C(C)C)cc2)c1. The Balaban J connectivity index is 1.76. The molecule has 0 bridgehead atoms. The van der Waals surface area contributed by atoms with Crippen LogP contribution in [0.5, 0.6) is 0 Å². The first-order chi connectivity index (χ1) is 15.2. The summed E-state index contributed by atoms with van der Waals surface area (Å²) in [7, 11) is -3.79. The summed E-state index contributed by atoms with van der Waals surface area (Å²) in [6.45, 7) is 7.14. The number of carbonyl (C=O) groups excluding carboxylic acids is 2. The third kappa shape index (κ3) is 5.48. The second-order valence-electron chi connectivity index (χ2n) is 8.36. The first kappa shape index (κ1) is 23.8. The number of anilines is 1. The Morgan fingerprint density at radius 3 is 2.50 bits per heavy atom. The number of rotatable bonds is 8. The molecule has 1 atom stereocenters. The standard InChI is InChI=1S/C24H31N3O4S/c1-4-14-25-23(28)22-9-6-15-27(22)24(29)19-7-5-8-20(16-19)26-32(30,31)21-12-10-18(11-13-21)17(2)3/h5,7-8,10-13,16-17,22,26H,4,6,9,14-15H2,1-3H3,(H,25,28)/t22-/m1/s1. The van der Waals surface area contributed by atoms with Crippen molar-refractivity contribution in [1.82, 2.24) is 10.2 Å². The number of hydrogen-bond acceptors (Lipinski definition) is 4. The van der Waals surface area contributed by atoms with E-state index in [0.29, 0.717) is 36.7 Å². The molecule has 8 heteroatoms. The second-order valence-corrected chi connectivity index (χ2v) is 10.0. The number of hydrogen-bond donors (Lipinski definition) is 2. The third-order valence-corrected chi connectivity index (χ3v) is 6.98. The largest absolute Gasteiger partial charge is 0.354 e. The molecule has 2 aromatic carbocycles. The number of likely N-dealkylation sites (tertiary alicyclic amines) is 1. The van der Waals surface area contributed by atoms with Crippen LogP contribution in [-0.4, -0.2) is 44.3 Å². The minimum Gasteiger partial charge on any atom is -0.354 e. The molecule has 0 aromatic heterocycles. The molecule has 1 saturated heterocycles. The number of nitrogens with one attached hydrogen (secondary N) is 2. The van der Waals surface area contributed by atoms with Crippen LogP contribution < -0.4 is 10.0 Å². The van der Waals surface area contributed by atoms with E-state index in [1.807, 2.05) is 20.8 Å². The molecule has 1 aliphatic heterocycles. The van der Waals surface area contributed by atoms with Gasteiger partial charge in [-0.2, -0.15) is 0 Å². The molecule has 0 radical (unpaired) electrons. The molecule has 7 nitrogen and oxygen atoms in total. The Morgan fingerprint density at radius 2 is 1.84 bits per heavy atom. The van der Waals surface area contributed by atoms with E-state index >= 15 is 0 Å². The van der Waals surface area contributed by atoms with Gasteiger partial charge in [-0.15, -0.1) is 0 Å². The second kappa shape index (κ2) is 10.2. The maximum atomic E-state index is 13.1. The minimum atomic E-state index is -3.79. The lowest BCUT2D eigenvalue weighted by Crippen LogP contribution is -2.46. The summed E-state index contributed by atoms with van der Waals surface area (Å²) in [6, 6.07) is 12.7. The van der Waals surface area contributed by atoms with Crippen molar-refractivity contribution in [3.05, 3.63) is 59.7 Å². The Labute approximate surface area is 190 Å². The van der Waals surface area contributed by atoms with E-state index in [0.717, 1.165) is 18.4 Å². The van der Waals surface area contributed by atoms with Crippen molar-refractivity contribution in [2.45, 2.75) is 56.9 Å². The van der Waals surface area contributed by atoms with Gasteiger partial charge >= 0.3 is 0 Å².